The number of aliphatic hydroxyl groups is 1. The second kappa shape index (κ2) is 68.8. The van der Waals surface area contributed by atoms with Gasteiger partial charge in [-0.25, -0.2) is 9.13 Å². The first kappa shape index (κ1) is 94.1. The van der Waals surface area contributed by atoms with Crippen LogP contribution in [-0.2, 0) is 65.4 Å². The summed E-state index contributed by atoms with van der Waals surface area (Å²) in [4.78, 5) is 72.7. The molecule has 0 heterocycles. The van der Waals surface area contributed by atoms with Crippen LogP contribution in [0.4, 0.5) is 0 Å². The van der Waals surface area contributed by atoms with Gasteiger partial charge in [0, 0.05) is 25.7 Å². The molecule has 0 aliphatic carbocycles. The van der Waals surface area contributed by atoms with Crippen molar-refractivity contribution in [2.24, 2.45) is 11.8 Å². The molecule has 3 N–H and O–H groups in total. The summed E-state index contributed by atoms with van der Waals surface area (Å²) in [6, 6.07) is 0. The van der Waals surface area contributed by atoms with Gasteiger partial charge in [-0.3, -0.25) is 37.3 Å². The smallest absolute Gasteiger partial charge is 0.462 e. The van der Waals surface area contributed by atoms with Crippen molar-refractivity contribution in [1.29, 1.82) is 0 Å². The molecule has 19 heteroatoms. The van der Waals surface area contributed by atoms with E-state index < -0.39 is 97.5 Å². The van der Waals surface area contributed by atoms with Crippen LogP contribution >= 0.6 is 15.6 Å². The molecule has 0 saturated carbocycles. The van der Waals surface area contributed by atoms with E-state index in [1.807, 2.05) is 0 Å². The highest BCUT2D eigenvalue weighted by atomic mass is 31.2. The van der Waals surface area contributed by atoms with Crippen LogP contribution in [-0.4, -0.2) is 96.7 Å². The lowest BCUT2D eigenvalue weighted by Crippen LogP contribution is -2.30. The highest BCUT2D eigenvalue weighted by molar-refractivity contribution is 7.47. The Morgan fingerprint density at radius 1 is 0.281 bits per heavy atom. The Morgan fingerprint density at radius 2 is 0.479 bits per heavy atom. The molecule has 0 aromatic rings. The van der Waals surface area contributed by atoms with E-state index in [1.165, 1.54) is 205 Å². The predicted molar refractivity (Wildman–Crippen MR) is 391 cm³/mol. The topological polar surface area (TPSA) is 237 Å². The van der Waals surface area contributed by atoms with Gasteiger partial charge in [0.2, 0.25) is 0 Å². The van der Waals surface area contributed by atoms with E-state index in [1.54, 1.807) is 0 Å². The van der Waals surface area contributed by atoms with Gasteiger partial charge in [-0.1, -0.05) is 350 Å². The molecule has 0 saturated heterocycles. The maximum Gasteiger partial charge on any atom is 0.472 e. The molecule has 0 radical (unpaired) electrons. The first-order chi connectivity index (χ1) is 46.4. The van der Waals surface area contributed by atoms with E-state index in [0.717, 1.165) is 115 Å². The molecular weight excluding hydrogens is 1260 g/mol. The summed E-state index contributed by atoms with van der Waals surface area (Å²) in [5.41, 5.74) is 0. The Morgan fingerprint density at radius 3 is 0.708 bits per heavy atom. The summed E-state index contributed by atoms with van der Waals surface area (Å²) >= 11 is 0. The van der Waals surface area contributed by atoms with Crippen LogP contribution < -0.4 is 0 Å². The van der Waals surface area contributed by atoms with E-state index in [0.29, 0.717) is 25.7 Å². The number of carbonyl (C=O) groups is 4. The van der Waals surface area contributed by atoms with Gasteiger partial charge in [0.25, 0.3) is 0 Å². The normalized spacial score (nSPS) is 14.0. The number of unbranched alkanes of at least 4 members (excludes halogenated alkanes) is 46. The molecule has 0 bridgehead atoms. The van der Waals surface area contributed by atoms with Crippen LogP contribution in [0.1, 0.15) is 401 Å². The molecule has 0 amide bonds. The van der Waals surface area contributed by atoms with Crippen molar-refractivity contribution in [3.8, 4) is 0 Å². The summed E-state index contributed by atoms with van der Waals surface area (Å²) in [5.74, 6) is -0.549. The fraction of sp³-hybridized carbons (Fsp3) is 0.948. The summed E-state index contributed by atoms with van der Waals surface area (Å²) in [5, 5.41) is 10.6. The molecule has 0 fully saturated rings. The molecule has 0 spiro atoms. The Kier molecular flexibility index (Phi) is 67.4. The van der Waals surface area contributed by atoms with Gasteiger partial charge in [0.05, 0.1) is 26.4 Å². The molecule has 0 rings (SSSR count). The summed E-state index contributed by atoms with van der Waals surface area (Å²) in [7, 11) is -9.91. The number of rotatable bonds is 76. The minimum Gasteiger partial charge on any atom is -0.462 e. The van der Waals surface area contributed by atoms with Gasteiger partial charge in [0.15, 0.2) is 12.2 Å². The molecule has 0 aromatic carbocycles. The maximum absolute atomic E-state index is 13.1. The number of phosphoric ester groups is 2. The van der Waals surface area contributed by atoms with E-state index >= 15 is 0 Å². The quantitative estimate of drug-likeness (QED) is 0.0222. The minimum absolute atomic E-state index is 0.107. The SMILES string of the molecule is CCCCCCCCCCCCCCCCCCCCC(=O)O[C@H](COC(=O)CCCCCCCCCCCCCCCC(C)C)COP(=O)(O)OC[C@@H](O)COP(=O)(O)OC[C@@H](COC(=O)CCCCCCCCC)OC(=O)CCCCCCCCCCCCCCC(C)C. The number of hydrogen-bond donors (Lipinski definition) is 3. The van der Waals surface area contributed by atoms with E-state index in [2.05, 4.69) is 41.5 Å². The standard InChI is InChI=1S/C77H150O17P2/c1-7-9-11-13-15-16-17-18-19-20-21-22-25-32-37-43-49-55-61-77(82)94-73(66-88-75(80)60-54-48-42-36-31-26-23-24-29-34-40-45-51-57-69(3)4)68-92-96(85,86)90-64-71(78)63-89-95(83,84)91-67-72(65-87-74(79)59-53-47-39-14-12-10-8-2)93-76(81)62-56-50-44-38-33-28-27-30-35-41-46-52-58-70(5)6/h69-73,78H,7-68H2,1-6H3,(H,83,84)(H,85,86)/t71-,72+,73+/m0/s1. The third kappa shape index (κ3) is 70.5. The van der Waals surface area contributed by atoms with Crippen LogP contribution in [0.3, 0.4) is 0 Å². The van der Waals surface area contributed by atoms with Crippen LogP contribution in [0, 0.1) is 11.8 Å². The lowest BCUT2D eigenvalue weighted by Gasteiger charge is -2.21. The molecule has 0 aromatic heterocycles. The Bertz CT molecular complexity index is 1860. The number of aliphatic hydroxyl groups excluding tert-OH is 1. The fourth-order valence-electron chi connectivity index (χ4n) is 11.8. The van der Waals surface area contributed by atoms with Gasteiger partial charge in [-0.2, -0.15) is 0 Å². The summed E-state index contributed by atoms with van der Waals surface area (Å²) < 4.78 is 68.5. The number of ether oxygens (including phenoxy) is 4. The molecule has 0 aliphatic rings. The lowest BCUT2D eigenvalue weighted by atomic mass is 10.0. The zero-order valence-electron chi connectivity index (χ0n) is 62.7. The Labute approximate surface area is 588 Å². The van der Waals surface area contributed by atoms with Crippen molar-refractivity contribution in [2.75, 3.05) is 39.6 Å². The average Bonchev–Trinajstić information content (AvgIpc) is 2.56. The first-order valence-electron chi connectivity index (χ1n) is 40.0. The molecule has 570 valence electrons. The largest absolute Gasteiger partial charge is 0.472 e. The highest BCUT2D eigenvalue weighted by Gasteiger charge is 2.30. The number of carbonyl (C=O) groups excluding carboxylic acids is 4. The lowest BCUT2D eigenvalue weighted by molar-refractivity contribution is -0.161. The molecule has 2 unspecified atom stereocenters. The summed E-state index contributed by atoms with van der Waals surface area (Å²) in [6.07, 6.45) is 57.0. The van der Waals surface area contributed by atoms with Crippen molar-refractivity contribution < 1.29 is 80.2 Å². The van der Waals surface area contributed by atoms with Crippen molar-refractivity contribution >= 4 is 39.5 Å². The number of phosphoric acid groups is 2. The van der Waals surface area contributed by atoms with Crippen molar-refractivity contribution in [1.82, 2.24) is 0 Å². The Hall–Kier alpha value is -1.94. The van der Waals surface area contributed by atoms with E-state index in [9.17, 15) is 43.2 Å². The van der Waals surface area contributed by atoms with Crippen molar-refractivity contribution in [3.05, 3.63) is 0 Å². The van der Waals surface area contributed by atoms with Crippen LogP contribution in [0.25, 0.3) is 0 Å². The van der Waals surface area contributed by atoms with Gasteiger partial charge < -0.3 is 33.8 Å². The second-order valence-corrected chi connectivity index (χ2v) is 31.6. The molecule has 17 nitrogen and oxygen atoms in total. The third-order valence-corrected chi connectivity index (χ3v) is 19.9. The molecular formula is C77H150O17P2. The van der Waals surface area contributed by atoms with Crippen molar-refractivity contribution in [2.45, 2.75) is 419 Å². The second-order valence-electron chi connectivity index (χ2n) is 28.7. The van der Waals surface area contributed by atoms with Gasteiger partial charge in [-0.15, -0.1) is 0 Å². The first-order valence-corrected chi connectivity index (χ1v) is 43.0. The Balaban J connectivity index is 5.19. The number of esters is 4. The average molecular weight is 1410 g/mol. The van der Waals surface area contributed by atoms with Crippen LogP contribution in [0.2, 0.25) is 0 Å². The van der Waals surface area contributed by atoms with Gasteiger partial charge in [0.1, 0.15) is 19.3 Å². The van der Waals surface area contributed by atoms with Crippen LogP contribution in [0.5, 0.6) is 0 Å². The number of hydrogen-bond acceptors (Lipinski definition) is 15. The van der Waals surface area contributed by atoms with Gasteiger partial charge in [-0.05, 0) is 37.5 Å². The monoisotopic (exact) mass is 1410 g/mol. The third-order valence-electron chi connectivity index (χ3n) is 18.0. The van der Waals surface area contributed by atoms with Gasteiger partial charge >= 0.3 is 39.5 Å². The fourth-order valence-corrected chi connectivity index (χ4v) is 13.4. The molecule has 0 aliphatic heterocycles. The molecule has 96 heavy (non-hydrogen) atoms. The van der Waals surface area contributed by atoms with Crippen molar-refractivity contribution in [3.63, 3.8) is 0 Å². The van der Waals surface area contributed by atoms with E-state index in [4.69, 9.17) is 37.0 Å². The highest BCUT2D eigenvalue weighted by Crippen LogP contribution is 2.45. The van der Waals surface area contributed by atoms with E-state index in [-0.39, 0.29) is 25.7 Å². The minimum atomic E-state index is -4.96. The zero-order chi connectivity index (χ0) is 70.7. The zero-order valence-corrected chi connectivity index (χ0v) is 64.5. The maximum atomic E-state index is 13.1. The predicted octanol–water partition coefficient (Wildman–Crippen LogP) is 22.7. The molecule has 5 atom stereocenters. The summed E-state index contributed by atoms with van der Waals surface area (Å²) in [6.45, 7) is 9.59. The van der Waals surface area contributed by atoms with Crippen LogP contribution in [0.15, 0.2) is 0 Å².